The number of hydrogen-bond donors (Lipinski definition) is 0. The van der Waals surface area contributed by atoms with Crippen LogP contribution in [0.1, 0.15) is 25.0 Å². The smallest absolute Gasteiger partial charge is 0.317 e. The molecule has 1 aliphatic carbocycles. The molecule has 1 saturated heterocycles. The van der Waals surface area contributed by atoms with E-state index in [9.17, 15) is 4.79 Å². The van der Waals surface area contributed by atoms with Gasteiger partial charge in [0.05, 0.1) is 6.61 Å². The van der Waals surface area contributed by atoms with Crippen LogP contribution >= 0.6 is 34.0 Å². The second-order valence-electron chi connectivity index (χ2n) is 7.07. The summed E-state index contributed by atoms with van der Waals surface area (Å²) < 4.78 is 17.2. The van der Waals surface area contributed by atoms with Gasteiger partial charge in [0.2, 0.25) is 0 Å². The maximum absolute atomic E-state index is 13.1. The molecule has 2 aliphatic rings. The van der Waals surface area contributed by atoms with E-state index in [1.165, 1.54) is 30.6 Å². The first-order chi connectivity index (χ1) is 13.6. The topological polar surface area (TPSA) is 44.8 Å². The van der Waals surface area contributed by atoms with Gasteiger partial charge in [0.25, 0.3) is 0 Å². The Balaban J connectivity index is 1.62. The quantitative estimate of drug-likeness (QED) is 0.494. The number of fused-ring (bicyclic) bond motifs is 1. The minimum atomic E-state index is -0.806. The predicted octanol–water partition coefficient (Wildman–Crippen LogP) is 5.57. The Morgan fingerprint density at radius 3 is 2.11 bits per heavy atom. The first-order valence-corrected chi connectivity index (χ1v) is 11.9. The van der Waals surface area contributed by atoms with Crippen LogP contribution in [0.15, 0.2) is 35.0 Å². The zero-order chi connectivity index (χ0) is 19.3. The molecule has 0 aromatic carbocycles. The van der Waals surface area contributed by atoms with Crippen molar-refractivity contribution in [1.29, 1.82) is 0 Å². The Bertz CT molecular complexity index is 923. The third-order valence-corrected chi connectivity index (χ3v) is 8.73. The van der Waals surface area contributed by atoms with Gasteiger partial charge in [-0.25, -0.2) is 0 Å². The molecule has 1 fully saturated rings. The summed E-state index contributed by atoms with van der Waals surface area (Å²) in [7, 11) is 0. The molecule has 0 unspecified atom stereocenters. The lowest BCUT2D eigenvalue weighted by molar-refractivity contribution is -0.405. The van der Waals surface area contributed by atoms with Gasteiger partial charge in [-0.15, -0.1) is 34.0 Å². The van der Waals surface area contributed by atoms with Crippen molar-refractivity contribution in [3.05, 3.63) is 46.2 Å². The average Bonchev–Trinajstić information content (AvgIpc) is 3.41. The summed E-state index contributed by atoms with van der Waals surface area (Å²) in [4.78, 5) is 18.1. The highest BCUT2D eigenvalue weighted by Gasteiger charge is 2.58. The molecule has 146 valence electrons. The predicted molar refractivity (Wildman–Crippen MR) is 113 cm³/mol. The Kier molecular flexibility index (Phi) is 4.68. The molecule has 3 aromatic rings. The van der Waals surface area contributed by atoms with Crippen LogP contribution in [0.5, 0.6) is 0 Å². The summed E-state index contributed by atoms with van der Waals surface area (Å²) in [6.45, 7) is 4.05. The standard InChI is InChI=1S/C21H20O4S3/c1-3-23-19(22)21(20-24-12(2)25-20)10-13-14(11-21)18(16-7-5-9-27-16)28-17(13)15-6-4-8-26-15/h4-9,12,20H,3,10-11H2,1-2H3. The lowest BCUT2D eigenvalue weighted by Gasteiger charge is -2.43. The fourth-order valence-corrected chi connectivity index (χ4v) is 7.18. The van der Waals surface area contributed by atoms with Gasteiger partial charge in [-0.2, -0.15) is 0 Å². The maximum atomic E-state index is 13.1. The van der Waals surface area contributed by atoms with Gasteiger partial charge >= 0.3 is 5.97 Å². The minimum Gasteiger partial charge on any atom is -0.465 e. The van der Waals surface area contributed by atoms with Crippen molar-refractivity contribution in [2.45, 2.75) is 39.3 Å². The van der Waals surface area contributed by atoms with Crippen molar-refractivity contribution >= 4 is 40.0 Å². The minimum absolute atomic E-state index is 0.220. The van der Waals surface area contributed by atoms with Gasteiger partial charge < -0.3 is 14.2 Å². The summed E-state index contributed by atoms with van der Waals surface area (Å²) in [5, 5.41) is 4.19. The average molecular weight is 433 g/mol. The molecule has 4 heterocycles. The number of carbonyl (C=O) groups is 1. The molecular formula is C21H20O4S3. The summed E-state index contributed by atoms with van der Waals surface area (Å²) >= 11 is 5.30. The van der Waals surface area contributed by atoms with Gasteiger partial charge in [0.1, 0.15) is 5.41 Å². The SMILES string of the molecule is CCOC(=O)C1(C2OC(C)O2)Cc2c(-c3cccs3)sc(-c3cccs3)c2C1. The molecule has 0 bridgehead atoms. The first kappa shape index (κ1) is 18.5. The molecule has 28 heavy (non-hydrogen) atoms. The van der Waals surface area contributed by atoms with E-state index in [0.29, 0.717) is 19.4 Å². The van der Waals surface area contributed by atoms with Crippen molar-refractivity contribution < 1.29 is 19.0 Å². The highest BCUT2D eigenvalue weighted by molar-refractivity contribution is 7.26. The van der Waals surface area contributed by atoms with E-state index in [1.807, 2.05) is 25.2 Å². The third kappa shape index (κ3) is 2.80. The van der Waals surface area contributed by atoms with Crippen molar-refractivity contribution in [2.24, 2.45) is 5.41 Å². The second-order valence-corrected chi connectivity index (χ2v) is 9.99. The molecule has 1 aliphatic heterocycles. The van der Waals surface area contributed by atoms with Crippen molar-refractivity contribution in [1.82, 2.24) is 0 Å². The van der Waals surface area contributed by atoms with E-state index >= 15 is 0 Å². The van der Waals surface area contributed by atoms with Crippen LogP contribution in [0.4, 0.5) is 0 Å². The van der Waals surface area contributed by atoms with Gasteiger partial charge in [-0.05, 0) is 60.7 Å². The van der Waals surface area contributed by atoms with E-state index in [4.69, 9.17) is 14.2 Å². The number of esters is 1. The molecule has 0 radical (unpaired) electrons. The van der Waals surface area contributed by atoms with Gasteiger partial charge in [0.15, 0.2) is 12.6 Å². The Morgan fingerprint density at radius 1 is 1.11 bits per heavy atom. The van der Waals surface area contributed by atoms with Crippen LogP contribution in [0, 0.1) is 5.41 Å². The second kappa shape index (κ2) is 7.07. The largest absolute Gasteiger partial charge is 0.465 e. The summed E-state index contributed by atoms with van der Waals surface area (Å²) in [6.07, 6.45) is 0.357. The van der Waals surface area contributed by atoms with Crippen molar-refractivity contribution in [2.75, 3.05) is 6.61 Å². The zero-order valence-corrected chi connectivity index (χ0v) is 18.0. The van der Waals surface area contributed by atoms with Crippen LogP contribution in [0.3, 0.4) is 0 Å². The Hall–Kier alpha value is -1.51. The van der Waals surface area contributed by atoms with Crippen LogP contribution in [-0.4, -0.2) is 25.2 Å². The van der Waals surface area contributed by atoms with E-state index in [0.717, 1.165) is 0 Å². The van der Waals surface area contributed by atoms with E-state index in [2.05, 4.69) is 35.0 Å². The maximum Gasteiger partial charge on any atom is 0.317 e. The summed E-state index contributed by atoms with van der Waals surface area (Å²) in [5.74, 6) is -0.220. The van der Waals surface area contributed by atoms with Crippen molar-refractivity contribution in [3.8, 4) is 19.5 Å². The van der Waals surface area contributed by atoms with E-state index in [-0.39, 0.29) is 12.3 Å². The molecular weight excluding hydrogens is 412 g/mol. The fraction of sp³-hybridized carbons (Fsp3) is 0.381. The van der Waals surface area contributed by atoms with E-state index in [1.54, 1.807) is 22.7 Å². The molecule has 4 nitrogen and oxygen atoms in total. The molecule has 0 atom stereocenters. The van der Waals surface area contributed by atoms with Crippen LogP contribution < -0.4 is 0 Å². The molecule has 0 N–H and O–H groups in total. The molecule has 0 spiro atoms. The zero-order valence-electron chi connectivity index (χ0n) is 15.6. The summed E-state index contributed by atoms with van der Waals surface area (Å²) in [5.41, 5.74) is 1.69. The number of carbonyl (C=O) groups excluding carboxylic acids is 1. The fourth-order valence-electron chi connectivity index (χ4n) is 4.08. The number of hydrogen-bond acceptors (Lipinski definition) is 7. The van der Waals surface area contributed by atoms with E-state index < -0.39 is 11.7 Å². The van der Waals surface area contributed by atoms with Gasteiger partial charge in [0, 0.05) is 19.5 Å². The van der Waals surface area contributed by atoms with Crippen LogP contribution in [0.2, 0.25) is 0 Å². The Labute approximate surface area is 175 Å². The van der Waals surface area contributed by atoms with Crippen LogP contribution in [0.25, 0.3) is 19.5 Å². The monoisotopic (exact) mass is 432 g/mol. The third-order valence-electron chi connectivity index (χ3n) is 5.35. The molecule has 5 rings (SSSR count). The van der Waals surface area contributed by atoms with Gasteiger partial charge in [-0.3, -0.25) is 4.79 Å². The summed E-state index contributed by atoms with van der Waals surface area (Å²) in [6, 6.07) is 8.45. The highest BCUT2D eigenvalue weighted by Crippen LogP contribution is 2.55. The lowest BCUT2D eigenvalue weighted by Crippen LogP contribution is -2.55. The highest BCUT2D eigenvalue weighted by atomic mass is 32.1. The normalized spacial score (nSPS) is 22.6. The molecule has 3 aromatic heterocycles. The number of rotatable bonds is 5. The van der Waals surface area contributed by atoms with Gasteiger partial charge in [-0.1, -0.05) is 12.1 Å². The van der Waals surface area contributed by atoms with Crippen molar-refractivity contribution in [3.63, 3.8) is 0 Å². The first-order valence-electron chi connectivity index (χ1n) is 9.33. The molecule has 7 heteroatoms. The Morgan fingerprint density at radius 2 is 1.68 bits per heavy atom. The molecule has 0 saturated carbocycles. The number of thiophene rings is 3. The van der Waals surface area contributed by atoms with Crippen LogP contribution in [-0.2, 0) is 31.8 Å². The lowest BCUT2D eigenvalue weighted by atomic mass is 9.82. The number of ether oxygens (including phenoxy) is 3. The molecule has 0 amide bonds.